The number of carbonyl (C=O) groups excluding carboxylic acids is 2. The van der Waals surface area contributed by atoms with Gasteiger partial charge in [0.1, 0.15) is 0 Å². The van der Waals surface area contributed by atoms with Crippen LogP contribution in [0.1, 0.15) is 25.0 Å². The third-order valence-electron chi connectivity index (χ3n) is 6.62. The third kappa shape index (κ3) is 2.73. The van der Waals surface area contributed by atoms with E-state index < -0.39 is 18.2 Å². The fourth-order valence-electron chi connectivity index (χ4n) is 4.78. The molecule has 0 spiro atoms. The van der Waals surface area contributed by atoms with Gasteiger partial charge in [-0.3, -0.25) is 19.9 Å². The number of guanidine groups is 1. The average Bonchev–Trinajstić information content (AvgIpc) is 3.21. The van der Waals surface area contributed by atoms with Crippen LogP contribution in [0.25, 0.3) is 0 Å². The van der Waals surface area contributed by atoms with Crippen LogP contribution in [0.2, 0.25) is 0 Å². The van der Waals surface area contributed by atoms with Gasteiger partial charge < -0.3 is 9.80 Å². The maximum absolute atomic E-state index is 12.5. The molecule has 0 saturated carbocycles. The number of hydrogen-bond acceptors (Lipinski definition) is 6. The fraction of sp³-hybridized carbons (Fsp3) is 0.476. The van der Waals surface area contributed by atoms with Gasteiger partial charge in [-0.2, -0.15) is 0 Å². The largest absolute Gasteiger partial charge is 0.325 e. The van der Waals surface area contributed by atoms with Crippen LogP contribution < -0.4 is 5.32 Å². The first-order chi connectivity index (χ1) is 14.0. The zero-order chi connectivity index (χ0) is 20.3. The van der Waals surface area contributed by atoms with E-state index in [2.05, 4.69) is 46.3 Å². The molecule has 1 N–H and O–H groups in total. The molecule has 0 aliphatic carbocycles. The number of benzene rings is 1. The van der Waals surface area contributed by atoms with Crippen molar-refractivity contribution >= 4 is 17.9 Å². The van der Waals surface area contributed by atoms with E-state index in [0.29, 0.717) is 0 Å². The van der Waals surface area contributed by atoms with Crippen LogP contribution in [0, 0.1) is 0 Å². The Morgan fingerprint density at radius 3 is 2.66 bits per heavy atom. The van der Waals surface area contributed by atoms with Crippen molar-refractivity contribution in [3.05, 3.63) is 46.8 Å². The minimum absolute atomic E-state index is 0.279. The van der Waals surface area contributed by atoms with Gasteiger partial charge in [-0.25, -0.2) is 9.79 Å². The number of allylic oxidation sites excluding steroid dienone is 2. The lowest BCUT2D eigenvalue weighted by atomic mass is 10.00. The molecule has 8 nitrogen and oxygen atoms in total. The first-order valence-corrected chi connectivity index (χ1v) is 10.1. The van der Waals surface area contributed by atoms with Gasteiger partial charge in [-0.1, -0.05) is 24.3 Å². The van der Waals surface area contributed by atoms with E-state index in [4.69, 9.17) is 4.99 Å². The lowest BCUT2D eigenvalue weighted by molar-refractivity contribution is -0.126. The lowest BCUT2D eigenvalue weighted by Crippen LogP contribution is -2.63. The molecule has 2 unspecified atom stereocenters. The van der Waals surface area contributed by atoms with Gasteiger partial charge in [-0.05, 0) is 31.4 Å². The molecule has 3 amide bonds. The molecular formula is C21H26N6O2. The summed E-state index contributed by atoms with van der Waals surface area (Å²) in [6, 6.07) is 7.77. The number of rotatable bonds is 3. The van der Waals surface area contributed by atoms with Gasteiger partial charge >= 0.3 is 6.03 Å². The third-order valence-corrected chi connectivity index (χ3v) is 6.62. The second-order valence-corrected chi connectivity index (χ2v) is 8.18. The molecule has 5 rings (SSSR count). The molecular weight excluding hydrogens is 368 g/mol. The molecule has 4 aliphatic heterocycles. The Balaban J connectivity index is 1.34. The number of urea groups is 1. The number of nitrogens with one attached hydrogen (secondary N) is 1. The highest BCUT2D eigenvalue weighted by atomic mass is 16.2. The number of carbonyl (C=O) groups is 2. The summed E-state index contributed by atoms with van der Waals surface area (Å²) in [5.74, 6) is 0.502. The Bertz CT molecular complexity index is 954. The molecule has 0 bridgehead atoms. The molecule has 8 heteroatoms. The zero-order valence-electron chi connectivity index (χ0n) is 17.1. The predicted octanol–water partition coefficient (Wildman–Crippen LogP) is 1.16. The van der Waals surface area contributed by atoms with E-state index in [9.17, 15) is 9.59 Å². The molecule has 1 aromatic carbocycles. The van der Waals surface area contributed by atoms with E-state index in [0.717, 1.165) is 50.0 Å². The monoisotopic (exact) mass is 394 g/mol. The summed E-state index contributed by atoms with van der Waals surface area (Å²) in [6.07, 6.45) is 0.604. The zero-order valence-corrected chi connectivity index (χ0v) is 17.1. The highest BCUT2D eigenvalue weighted by Gasteiger charge is 2.53. The highest BCUT2D eigenvalue weighted by Crippen LogP contribution is 2.36. The van der Waals surface area contributed by atoms with Crippen molar-refractivity contribution in [2.75, 3.05) is 26.7 Å². The van der Waals surface area contributed by atoms with Gasteiger partial charge in [0.05, 0.1) is 0 Å². The topological polar surface area (TPSA) is 71.5 Å². The van der Waals surface area contributed by atoms with Crippen LogP contribution in [0.4, 0.5) is 4.79 Å². The number of fused-ring (bicyclic) bond motifs is 4. The smallest absolute Gasteiger partial charge is 0.313 e. The average molecular weight is 394 g/mol. The second-order valence-electron chi connectivity index (χ2n) is 8.18. The molecule has 2 atom stereocenters. The molecule has 1 aromatic rings. The summed E-state index contributed by atoms with van der Waals surface area (Å²) < 4.78 is 0. The highest BCUT2D eigenvalue weighted by molar-refractivity contribution is 6.05. The number of amides is 3. The van der Waals surface area contributed by atoms with Crippen molar-refractivity contribution in [2.24, 2.45) is 4.99 Å². The Morgan fingerprint density at radius 1 is 1.10 bits per heavy atom. The summed E-state index contributed by atoms with van der Waals surface area (Å²) in [7, 11) is 1.69. The number of hydrogen-bond donors (Lipinski definition) is 1. The standard InChI is InChI=1S/C21H26N6O2/c1-13-14(2)27-17-18(24(3)21(29)23-19(17)28)22-20(27)26(13)11-10-25-9-8-15-6-4-5-7-16(15)12-25/h4-7,17-18H,8-12H2,1-3H3,(H,23,28,29). The summed E-state index contributed by atoms with van der Waals surface area (Å²) >= 11 is 0. The first kappa shape index (κ1) is 18.2. The molecule has 29 heavy (non-hydrogen) atoms. The van der Waals surface area contributed by atoms with Crippen LogP contribution in [0.3, 0.4) is 0 Å². The molecule has 4 aliphatic rings. The molecule has 1 saturated heterocycles. The van der Waals surface area contributed by atoms with Crippen LogP contribution >= 0.6 is 0 Å². The molecule has 4 heterocycles. The summed E-state index contributed by atoms with van der Waals surface area (Å²) in [4.78, 5) is 37.5. The van der Waals surface area contributed by atoms with Crippen molar-refractivity contribution in [3.63, 3.8) is 0 Å². The van der Waals surface area contributed by atoms with Gasteiger partial charge in [0.25, 0.3) is 5.91 Å². The van der Waals surface area contributed by atoms with Gasteiger partial charge in [0.2, 0.25) is 5.96 Å². The fourth-order valence-corrected chi connectivity index (χ4v) is 4.78. The summed E-state index contributed by atoms with van der Waals surface area (Å²) in [5.41, 5.74) is 5.00. The molecule has 0 radical (unpaired) electrons. The Labute approximate surface area is 170 Å². The van der Waals surface area contributed by atoms with Crippen molar-refractivity contribution < 1.29 is 9.59 Å². The van der Waals surface area contributed by atoms with Crippen LogP contribution in [0.5, 0.6) is 0 Å². The van der Waals surface area contributed by atoms with E-state index in [-0.39, 0.29) is 5.91 Å². The van der Waals surface area contributed by atoms with Crippen molar-refractivity contribution in [2.45, 2.75) is 39.0 Å². The molecule has 152 valence electrons. The van der Waals surface area contributed by atoms with Gasteiger partial charge in [0, 0.05) is 44.6 Å². The molecule has 0 aromatic heterocycles. The van der Waals surface area contributed by atoms with Gasteiger partial charge in [0.15, 0.2) is 12.2 Å². The van der Waals surface area contributed by atoms with Crippen LogP contribution in [-0.2, 0) is 17.8 Å². The van der Waals surface area contributed by atoms with E-state index in [1.54, 1.807) is 7.05 Å². The molecule has 1 fully saturated rings. The van der Waals surface area contributed by atoms with Crippen molar-refractivity contribution in [1.82, 2.24) is 24.9 Å². The van der Waals surface area contributed by atoms with E-state index in [1.165, 1.54) is 16.0 Å². The lowest BCUT2D eigenvalue weighted by Gasteiger charge is -2.35. The Hall–Kier alpha value is -2.87. The Kier molecular flexibility index (Phi) is 4.13. The van der Waals surface area contributed by atoms with Gasteiger partial charge in [-0.15, -0.1) is 0 Å². The minimum Gasteiger partial charge on any atom is -0.313 e. The quantitative estimate of drug-likeness (QED) is 0.833. The SMILES string of the molecule is CC1=C(C)N2C(=NC3C2C(=O)NC(=O)N3C)N1CCN1CCc2ccccc2C1. The number of aliphatic imine (C=N–C) groups is 1. The van der Waals surface area contributed by atoms with E-state index >= 15 is 0 Å². The second kappa shape index (κ2) is 6.59. The summed E-state index contributed by atoms with van der Waals surface area (Å²) in [6.45, 7) is 7.84. The van der Waals surface area contributed by atoms with Crippen LogP contribution in [-0.4, -0.2) is 76.4 Å². The Morgan fingerprint density at radius 2 is 1.86 bits per heavy atom. The maximum atomic E-state index is 12.5. The number of nitrogens with zero attached hydrogens (tertiary/aromatic N) is 5. The number of imide groups is 1. The summed E-state index contributed by atoms with van der Waals surface area (Å²) in [5, 5.41) is 2.44. The first-order valence-electron chi connectivity index (χ1n) is 10.1. The normalized spacial score (nSPS) is 26.4. The van der Waals surface area contributed by atoms with Crippen LogP contribution in [0.15, 0.2) is 40.7 Å². The minimum atomic E-state index is -0.491. The maximum Gasteiger partial charge on any atom is 0.325 e. The van der Waals surface area contributed by atoms with E-state index in [1.807, 2.05) is 11.8 Å². The predicted molar refractivity (Wildman–Crippen MR) is 109 cm³/mol. The van der Waals surface area contributed by atoms with Crippen molar-refractivity contribution in [1.29, 1.82) is 0 Å². The number of likely N-dealkylation sites (N-methyl/N-ethyl adjacent to an activating group) is 1. The van der Waals surface area contributed by atoms with Crippen molar-refractivity contribution in [3.8, 4) is 0 Å².